The maximum Gasteiger partial charge on any atom is 0.0547 e. The Morgan fingerprint density at radius 2 is 2.10 bits per heavy atom. The molecule has 1 fully saturated rings. The summed E-state index contributed by atoms with van der Waals surface area (Å²) in [5.41, 5.74) is 2.37. The van der Waals surface area contributed by atoms with Gasteiger partial charge >= 0.3 is 0 Å². The number of nitrogens with zero attached hydrogens (tertiary/aromatic N) is 2. The molecule has 20 heavy (non-hydrogen) atoms. The average Bonchev–Trinajstić information content (AvgIpc) is 2.45. The lowest BCUT2D eigenvalue weighted by Gasteiger charge is -2.37. The van der Waals surface area contributed by atoms with E-state index in [1.54, 1.807) is 0 Å². The number of hydrogen-bond donors (Lipinski definition) is 1. The molecular weight excluding hydrogens is 246 g/mol. The normalized spacial score (nSPS) is 23.9. The standard InChI is InChI=1S/C17H29N3/c1-4-10-18-12-16-8-5-9-17(19-16)13-20-11-6-7-14(2)15(20)3/h5,8-9,14-15,18H,4,6-7,10-13H2,1-3H3. The van der Waals surface area contributed by atoms with Gasteiger partial charge in [0, 0.05) is 19.1 Å². The fourth-order valence-corrected chi connectivity index (χ4v) is 2.96. The van der Waals surface area contributed by atoms with Crippen LogP contribution in [0.1, 0.15) is 51.4 Å². The van der Waals surface area contributed by atoms with Crippen LogP contribution < -0.4 is 5.32 Å². The van der Waals surface area contributed by atoms with E-state index in [0.29, 0.717) is 6.04 Å². The highest BCUT2D eigenvalue weighted by molar-refractivity contribution is 5.11. The van der Waals surface area contributed by atoms with E-state index in [1.807, 2.05) is 0 Å². The van der Waals surface area contributed by atoms with Crippen LogP contribution in [0.15, 0.2) is 18.2 Å². The number of hydrogen-bond acceptors (Lipinski definition) is 3. The van der Waals surface area contributed by atoms with Gasteiger partial charge in [0.15, 0.2) is 0 Å². The van der Waals surface area contributed by atoms with Gasteiger partial charge in [-0.15, -0.1) is 0 Å². The molecule has 0 bridgehead atoms. The SMILES string of the molecule is CCCNCc1cccc(CN2CCCC(C)C2C)n1. The Morgan fingerprint density at radius 3 is 2.90 bits per heavy atom. The molecule has 3 nitrogen and oxygen atoms in total. The lowest BCUT2D eigenvalue weighted by atomic mass is 9.92. The Labute approximate surface area is 123 Å². The van der Waals surface area contributed by atoms with Crippen LogP contribution in [-0.4, -0.2) is 29.0 Å². The molecule has 1 aromatic heterocycles. The van der Waals surface area contributed by atoms with Crippen molar-refractivity contribution in [2.75, 3.05) is 13.1 Å². The third kappa shape index (κ3) is 4.29. The zero-order valence-electron chi connectivity index (χ0n) is 13.2. The Kier molecular flexibility index (Phi) is 5.99. The maximum atomic E-state index is 4.79. The molecule has 1 aliphatic rings. The Morgan fingerprint density at radius 1 is 1.30 bits per heavy atom. The van der Waals surface area contributed by atoms with Crippen molar-refractivity contribution >= 4 is 0 Å². The van der Waals surface area contributed by atoms with Crippen LogP contribution in [0.5, 0.6) is 0 Å². The molecule has 1 N–H and O–H groups in total. The number of aromatic nitrogens is 1. The van der Waals surface area contributed by atoms with E-state index < -0.39 is 0 Å². The van der Waals surface area contributed by atoms with Crippen molar-refractivity contribution in [2.24, 2.45) is 5.92 Å². The molecule has 2 unspecified atom stereocenters. The molecule has 1 saturated heterocycles. The second-order valence-corrected chi connectivity index (χ2v) is 6.13. The van der Waals surface area contributed by atoms with Crippen molar-refractivity contribution in [3.8, 4) is 0 Å². The van der Waals surface area contributed by atoms with Gasteiger partial charge in [-0.25, -0.2) is 0 Å². The number of pyridine rings is 1. The topological polar surface area (TPSA) is 28.2 Å². The fourth-order valence-electron chi connectivity index (χ4n) is 2.96. The minimum atomic E-state index is 0.674. The lowest BCUT2D eigenvalue weighted by Crippen LogP contribution is -2.41. The van der Waals surface area contributed by atoms with E-state index in [-0.39, 0.29) is 0 Å². The summed E-state index contributed by atoms with van der Waals surface area (Å²) in [5, 5.41) is 3.42. The first-order chi connectivity index (χ1) is 9.70. The minimum Gasteiger partial charge on any atom is -0.311 e. The van der Waals surface area contributed by atoms with Crippen molar-refractivity contribution in [3.63, 3.8) is 0 Å². The highest BCUT2D eigenvalue weighted by Crippen LogP contribution is 2.24. The number of piperidine rings is 1. The molecule has 1 aromatic rings. The van der Waals surface area contributed by atoms with Crippen molar-refractivity contribution in [2.45, 2.75) is 59.2 Å². The maximum absolute atomic E-state index is 4.79. The van der Waals surface area contributed by atoms with Gasteiger partial charge in [0.2, 0.25) is 0 Å². The molecule has 0 spiro atoms. The van der Waals surface area contributed by atoms with Gasteiger partial charge < -0.3 is 5.32 Å². The predicted octanol–water partition coefficient (Wildman–Crippen LogP) is 3.20. The summed E-state index contributed by atoms with van der Waals surface area (Å²) in [6.07, 6.45) is 3.86. The van der Waals surface area contributed by atoms with E-state index in [9.17, 15) is 0 Å². The van der Waals surface area contributed by atoms with Crippen molar-refractivity contribution in [1.82, 2.24) is 15.2 Å². The molecule has 2 atom stereocenters. The van der Waals surface area contributed by atoms with Crippen molar-refractivity contribution < 1.29 is 0 Å². The smallest absolute Gasteiger partial charge is 0.0547 e. The third-order valence-corrected chi connectivity index (χ3v) is 4.47. The lowest BCUT2D eigenvalue weighted by molar-refractivity contribution is 0.105. The first-order valence-corrected chi connectivity index (χ1v) is 8.10. The predicted molar refractivity (Wildman–Crippen MR) is 84.5 cm³/mol. The molecule has 0 aliphatic carbocycles. The summed E-state index contributed by atoms with van der Waals surface area (Å²) in [4.78, 5) is 7.38. The Bertz CT molecular complexity index is 405. The van der Waals surface area contributed by atoms with Gasteiger partial charge in [-0.05, 0) is 57.3 Å². The zero-order valence-corrected chi connectivity index (χ0v) is 13.2. The highest BCUT2D eigenvalue weighted by atomic mass is 15.2. The third-order valence-electron chi connectivity index (χ3n) is 4.47. The van der Waals surface area contributed by atoms with Gasteiger partial charge in [-0.2, -0.15) is 0 Å². The first-order valence-electron chi connectivity index (χ1n) is 8.10. The van der Waals surface area contributed by atoms with Gasteiger partial charge in [0.05, 0.1) is 11.4 Å². The van der Waals surface area contributed by atoms with Gasteiger partial charge in [0.25, 0.3) is 0 Å². The van der Waals surface area contributed by atoms with Crippen LogP contribution in [0, 0.1) is 5.92 Å². The summed E-state index contributed by atoms with van der Waals surface area (Å²) in [5.74, 6) is 0.804. The van der Waals surface area contributed by atoms with E-state index in [1.165, 1.54) is 31.5 Å². The van der Waals surface area contributed by atoms with E-state index >= 15 is 0 Å². The van der Waals surface area contributed by atoms with Crippen molar-refractivity contribution in [1.29, 1.82) is 0 Å². The number of nitrogens with one attached hydrogen (secondary N) is 1. The fraction of sp³-hybridized carbons (Fsp3) is 0.706. The summed E-state index contributed by atoms with van der Waals surface area (Å²) < 4.78 is 0. The largest absolute Gasteiger partial charge is 0.311 e. The summed E-state index contributed by atoms with van der Waals surface area (Å²) in [6, 6.07) is 7.10. The molecule has 0 radical (unpaired) electrons. The summed E-state index contributed by atoms with van der Waals surface area (Å²) >= 11 is 0. The van der Waals surface area contributed by atoms with Crippen LogP contribution in [0.2, 0.25) is 0 Å². The minimum absolute atomic E-state index is 0.674. The average molecular weight is 275 g/mol. The zero-order chi connectivity index (χ0) is 14.4. The van der Waals surface area contributed by atoms with Gasteiger partial charge in [0.1, 0.15) is 0 Å². The van der Waals surface area contributed by atoms with E-state index in [4.69, 9.17) is 4.98 Å². The van der Waals surface area contributed by atoms with Crippen LogP contribution in [-0.2, 0) is 13.1 Å². The second-order valence-electron chi connectivity index (χ2n) is 6.13. The molecule has 1 aliphatic heterocycles. The summed E-state index contributed by atoms with van der Waals surface area (Å²) in [6.45, 7) is 11.1. The van der Waals surface area contributed by atoms with Gasteiger partial charge in [-0.3, -0.25) is 9.88 Å². The molecule has 2 heterocycles. The van der Waals surface area contributed by atoms with Crippen molar-refractivity contribution in [3.05, 3.63) is 29.6 Å². The number of likely N-dealkylation sites (tertiary alicyclic amines) is 1. The highest BCUT2D eigenvalue weighted by Gasteiger charge is 2.24. The van der Waals surface area contributed by atoms with E-state index in [0.717, 1.165) is 31.2 Å². The molecule has 0 saturated carbocycles. The van der Waals surface area contributed by atoms with E-state index in [2.05, 4.69) is 49.2 Å². The molecule has 112 valence electrons. The van der Waals surface area contributed by atoms with Crippen LogP contribution in [0.3, 0.4) is 0 Å². The van der Waals surface area contributed by atoms with Crippen LogP contribution in [0.25, 0.3) is 0 Å². The second kappa shape index (κ2) is 7.75. The molecular formula is C17H29N3. The molecule has 0 aromatic carbocycles. The first kappa shape index (κ1) is 15.5. The van der Waals surface area contributed by atoms with Crippen LogP contribution >= 0.6 is 0 Å². The van der Waals surface area contributed by atoms with Gasteiger partial charge in [-0.1, -0.05) is 19.9 Å². The Hall–Kier alpha value is -0.930. The Balaban J connectivity index is 1.93. The molecule has 3 heteroatoms. The monoisotopic (exact) mass is 275 g/mol. The quantitative estimate of drug-likeness (QED) is 0.808. The molecule has 0 amide bonds. The summed E-state index contributed by atoms with van der Waals surface area (Å²) in [7, 11) is 0. The molecule has 2 rings (SSSR count). The van der Waals surface area contributed by atoms with Crippen LogP contribution in [0.4, 0.5) is 0 Å². The number of rotatable bonds is 6.